The molecule has 3 aromatic rings. The zero-order valence-corrected chi connectivity index (χ0v) is 18.6. The van der Waals surface area contributed by atoms with Crippen LogP contribution in [0.15, 0.2) is 47.7 Å². The number of hydrogen-bond acceptors (Lipinski definition) is 3. The molecule has 0 bridgehead atoms. The topological polar surface area (TPSA) is 68.3 Å². The Bertz CT molecular complexity index is 937. The van der Waals surface area contributed by atoms with Crippen molar-refractivity contribution in [3.63, 3.8) is 0 Å². The van der Waals surface area contributed by atoms with Gasteiger partial charge in [-0.25, -0.2) is 9.37 Å². The number of aliphatic imine (C=N–C) groups is 1. The molecule has 0 radical (unpaired) electrons. The number of fused-ring (bicyclic) bond motifs is 1. The van der Waals surface area contributed by atoms with Crippen LogP contribution < -0.4 is 15.5 Å². The van der Waals surface area contributed by atoms with Crippen molar-refractivity contribution >= 4 is 46.7 Å². The number of hydrogen-bond donors (Lipinski definition) is 3. The zero-order valence-electron chi connectivity index (χ0n) is 16.3. The molecule has 0 saturated carbocycles. The molecule has 3 N–H and O–H groups in total. The number of aromatic amines is 1. The van der Waals surface area contributed by atoms with Gasteiger partial charge >= 0.3 is 0 Å². The summed E-state index contributed by atoms with van der Waals surface area (Å²) in [6, 6.07) is 8.85. The summed E-state index contributed by atoms with van der Waals surface area (Å²) in [4.78, 5) is 13.7. The maximum Gasteiger partial charge on any atom is 0.191 e. The van der Waals surface area contributed by atoms with Gasteiger partial charge in [-0.2, -0.15) is 0 Å². The quantitative estimate of drug-likeness (QED) is 0.279. The molecule has 0 amide bonds. The van der Waals surface area contributed by atoms with Gasteiger partial charge in [0.2, 0.25) is 0 Å². The Hall–Kier alpha value is -2.36. The molecule has 28 heavy (non-hydrogen) atoms. The molecule has 0 spiro atoms. The number of nitrogens with one attached hydrogen (secondary N) is 3. The van der Waals surface area contributed by atoms with Crippen molar-refractivity contribution in [2.24, 2.45) is 4.99 Å². The number of pyridine rings is 1. The van der Waals surface area contributed by atoms with E-state index in [1.165, 1.54) is 12.1 Å². The second-order valence-electron chi connectivity index (χ2n) is 6.52. The first-order valence-electron chi connectivity index (χ1n) is 8.89. The maximum absolute atomic E-state index is 13.3. The maximum atomic E-state index is 13.3. The number of guanidine groups is 1. The van der Waals surface area contributed by atoms with Crippen LogP contribution in [-0.4, -0.2) is 43.6 Å². The fraction of sp³-hybridized carbons (Fsp3) is 0.300. The Labute approximate surface area is 181 Å². The molecule has 2 aromatic heterocycles. The third-order valence-electron chi connectivity index (χ3n) is 4.37. The third-order valence-corrected chi connectivity index (χ3v) is 4.37. The molecule has 3 rings (SSSR count). The van der Waals surface area contributed by atoms with E-state index in [1.54, 1.807) is 7.05 Å². The predicted octanol–water partition coefficient (Wildman–Crippen LogP) is 3.29. The molecule has 1 aromatic carbocycles. The monoisotopic (exact) mass is 496 g/mol. The highest BCUT2D eigenvalue weighted by molar-refractivity contribution is 14.0. The van der Waals surface area contributed by atoms with E-state index in [9.17, 15) is 4.39 Å². The summed E-state index contributed by atoms with van der Waals surface area (Å²) in [5.74, 6) is 1.43. The van der Waals surface area contributed by atoms with Crippen LogP contribution in [0, 0.1) is 5.82 Å². The lowest BCUT2D eigenvalue weighted by Gasteiger charge is -2.14. The second kappa shape index (κ2) is 10.3. The predicted molar refractivity (Wildman–Crippen MR) is 124 cm³/mol. The summed E-state index contributed by atoms with van der Waals surface area (Å²) in [5, 5.41) is 7.68. The molecule has 0 aliphatic carbocycles. The first kappa shape index (κ1) is 21.9. The Kier molecular flexibility index (Phi) is 8.04. The highest BCUT2D eigenvalue weighted by Crippen LogP contribution is 2.19. The van der Waals surface area contributed by atoms with Crippen LogP contribution >= 0.6 is 24.0 Å². The highest BCUT2D eigenvalue weighted by atomic mass is 127. The summed E-state index contributed by atoms with van der Waals surface area (Å²) in [5.41, 5.74) is 3.11. The molecule has 0 aliphatic rings. The van der Waals surface area contributed by atoms with Gasteiger partial charge < -0.3 is 20.5 Å². The number of benzene rings is 1. The fourth-order valence-electron chi connectivity index (χ4n) is 2.90. The lowest BCUT2D eigenvalue weighted by Crippen LogP contribution is -2.37. The van der Waals surface area contributed by atoms with Gasteiger partial charge in [0, 0.05) is 57.5 Å². The highest BCUT2D eigenvalue weighted by Gasteiger charge is 2.06. The summed E-state index contributed by atoms with van der Waals surface area (Å²) >= 11 is 0. The van der Waals surface area contributed by atoms with Crippen LogP contribution in [0.25, 0.3) is 10.9 Å². The Morgan fingerprint density at radius 2 is 2.04 bits per heavy atom. The standard InChI is InChI=1S/C20H25FN6.HI/c1-22-20(26-12-14-6-8-23-19(10-14)27(2)3)24-9-7-15-13-25-18-11-16(21)4-5-17(15)18;/h4-6,8,10-11,13,25H,7,9,12H2,1-3H3,(H2,22,24,26);1H. The molecular weight excluding hydrogens is 470 g/mol. The van der Waals surface area contributed by atoms with Crippen molar-refractivity contribution in [3.05, 3.63) is 59.7 Å². The van der Waals surface area contributed by atoms with Crippen LogP contribution in [0.3, 0.4) is 0 Å². The van der Waals surface area contributed by atoms with Crippen LogP contribution in [0.5, 0.6) is 0 Å². The summed E-state index contributed by atoms with van der Waals surface area (Å²) in [7, 11) is 5.69. The van der Waals surface area contributed by atoms with Gasteiger partial charge in [0.15, 0.2) is 5.96 Å². The molecule has 0 unspecified atom stereocenters. The van der Waals surface area contributed by atoms with Crippen LogP contribution in [0.2, 0.25) is 0 Å². The van der Waals surface area contributed by atoms with Gasteiger partial charge in [0.25, 0.3) is 0 Å². The summed E-state index contributed by atoms with van der Waals surface area (Å²) < 4.78 is 13.3. The van der Waals surface area contributed by atoms with Gasteiger partial charge in [-0.3, -0.25) is 4.99 Å². The molecule has 0 atom stereocenters. The van der Waals surface area contributed by atoms with E-state index in [-0.39, 0.29) is 29.8 Å². The normalized spacial score (nSPS) is 11.2. The molecule has 0 saturated heterocycles. The minimum Gasteiger partial charge on any atom is -0.363 e. The van der Waals surface area contributed by atoms with Crippen LogP contribution in [0.1, 0.15) is 11.1 Å². The Morgan fingerprint density at radius 3 is 2.79 bits per heavy atom. The summed E-state index contributed by atoms with van der Waals surface area (Å²) in [6.45, 7) is 1.39. The lowest BCUT2D eigenvalue weighted by molar-refractivity contribution is 0.629. The van der Waals surface area contributed by atoms with Crippen LogP contribution in [0.4, 0.5) is 10.2 Å². The number of H-pyrrole nitrogens is 1. The smallest absolute Gasteiger partial charge is 0.191 e. The number of anilines is 1. The van der Waals surface area contributed by atoms with Crippen molar-refractivity contribution in [3.8, 4) is 0 Å². The number of nitrogens with zero attached hydrogens (tertiary/aromatic N) is 3. The van der Waals surface area contributed by atoms with Gasteiger partial charge in [-0.15, -0.1) is 24.0 Å². The van der Waals surface area contributed by atoms with E-state index < -0.39 is 0 Å². The summed E-state index contributed by atoms with van der Waals surface area (Å²) in [6.07, 6.45) is 4.55. The Morgan fingerprint density at radius 1 is 1.21 bits per heavy atom. The second-order valence-corrected chi connectivity index (χ2v) is 6.52. The van der Waals surface area contributed by atoms with Crippen LogP contribution in [-0.2, 0) is 13.0 Å². The fourth-order valence-corrected chi connectivity index (χ4v) is 2.90. The SMILES string of the molecule is CN=C(NCCc1c[nH]c2cc(F)ccc12)NCc1ccnc(N(C)C)c1.I. The average Bonchev–Trinajstić information content (AvgIpc) is 3.06. The van der Waals surface area contributed by atoms with Gasteiger partial charge in [-0.1, -0.05) is 0 Å². The van der Waals surface area contributed by atoms with Gasteiger partial charge in [0.05, 0.1) is 0 Å². The number of aromatic nitrogens is 2. The van der Waals surface area contributed by atoms with Crippen molar-refractivity contribution in [1.82, 2.24) is 20.6 Å². The number of halogens is 2. The molecule has 8 heteroatoms. The molecule has 150 valence electrons. The lowest BCUT2D eigenvalue weighted by atomic mass is 10.1. The zero-order chi connectivity index (χ0) is 19.2. The van der Waals surface area contributed by atoms with Crippen molar-refractivity contribution in [2.75, 3.05) is 32.6 Å². The molecule has 2 heterocycles. The van der Waals surface area contributed by atoms with Gasteiger partial charge in [0.1, 0.15) is 11.6 Å². The Balaban J connectivity index is 0.00000280. The molecular formula is C20H26FIN6. The minimum absolute atomic E-state index is 0. The van der Waals surface area contributed by atoms with Crippen molar-refractivity contribution in [2.45, 2.75) is 13.0 Å². The first-order chi connectivity index (χ1) is 13.1. The first-order valence-corrected chi connectivity index (χ1v) is 8.89. The van der Waals surface area contributed by atoms with Gasteiger partial charge in [-0.05, 0) is 47.9 Å². The number of rotatable bonds is 6. The van der Waals surface area contributed by atoms with E-state index in [4.69, 9.17) is 0 Å². The average molecular weight is 496 g/mol. The third kappa shape index (κ3) is 5.57. The minimum atomic E-state index is -0.229. The van der Waals surface area contributed by atoms with E-state index in [0.717, 1.165) is 46.8 Å². The van der Waals surface area contributed by atoms with E-state index in [2.05, 4.69) is 25.6 Å². The van der Waals surface area contributed by atoms with E-state index >= 15 is 0 Å². The molecule has 0 fully saturated rings. The van der Waals surface area contributed by atoms with E-state index in [1.807, 2.05) is 49.6 Å². The van der Waals surface area contributed by atoms with Crippen molar-refractivity contribution in [1.29, 1.82) is 0 Å². The van der Waals surface area contributed by atoms with Crippen molar-refractivity contribution < 1.29 is 4.39 Å². The molecule has 6 nitrogen and oxygen atoms in total. The van der Waals surface area contributed by atoms with E-state index in [0.29, 0.717) is 6.54 Å². The molecule has 0 aliphatic heterocycles. The largest absolute Gasteiger partial charge is 0.363 e.